The first-order valence-corrected chi connectivity index (χ1v) is 5.60. The fraction of sp³-hybridized carbons (Fsp3) is 0.182. The summed E-state index contributed by atoms with van der Waals surface area (Å²) < 4.78 is 1.28. The number of aromatic nitrogens is 3. The molecule has 2 aromatic rings. The molecule has 9 nitrogen and oxygen atoms in total. The predicted octanol–water partition coefficient (Wildman–Crippen LogP) is 0.265. The van der Waals surface area contributed by atoms with Crippen molar-refractivity contribution in [1.82, 2.24) is 14.8 Å². The van der Waals surface area contributed by atoms with Gasteiger partial charge in [0.2, 0.25) is 0 Å². The molecule has 0 fully saturated rings. The Kier molecular flexibility index (Phi) is 3.71. The molecule has 1 atom stereocenters. The molecule has 0 amide bonds. The molecule has 104 valence electrons. The topological polar surface area (TPSA) is 137 Å². The highest BCUT2D eigenvalue weighted by atomic mass is 16.6. The third kappa shape index (κ3) is 2.95. The van der Waals surface area contributed by atoms with E-state index >= 15 is 0 Å². The smallest absolute Gasteiger partial charge is 0.322 e. The summed E-state index contributed by atoms with van der Waals surface area (Å²) in [5.74, 6) is -0.872. The van der Waals surface area contributed by atoms with Gasteiger partial charge >= 0.3 is 5.97 Å². The van der Waals surface area contributed by atoms with Crippen molar-refractivity contribution in [3.05, 3.63) is 40.7 Å². The number of aliphatic carboxylic acids is 1. The van der Waals surface area contributed by atoms with Crippen LogP contribution in [0.3, 0.4) is 0 Å². The zero-order valence-electron chi connectivity index (χ0n) is 10.2. The average molecular weight is 277 g/mol. The third-order valence-corrected chi connectivity index (χ3v) is 2.55. The molecule has 0 aliphatic carbocycles. The predicted molar refractivity (Wildman–Crippen MR) is 67.7 cm³/mol. The molecule has 1 aromatic heterocycles. The molecule has 0 saturated heterocycles. The van der Waals surface area contributed by atoms with Crippen LogP contribution in [0.15, 0.2) is 30.6 Å². The van der Waals surface area contributed by atoms with E-state index in [9.17, 15) is 14.9 Å². The van der Waals surface area contributed by atoms with Crippen LogP contribution in [0.1, 0.15) is 0 Å². The zero-order valence-corrected chi connectivity index (χ0v) is 10.2. The van der Waals surface area contributed by atoms with E-state index in [1.54, 1.807) is 6.07 Å². The number of nitrogens with zero attached hydrogens (tertiary/aromatic N) is 4. The summed E-state index contributed by atoms with van der Waals surface area (Å²) in [6.07, 6.45) is 1.33. The van der Waals surface area contributed by atoms with Crippen molar-refractivity contribution in [2.45, 2.75) is 12.6 Å². The van der Waals surface area contributed by atoms with E-state index in [4.69, 9.17) is 10.8 Å². The number of non-ortho nitro benzene ring substituents is 1. The summed E-state index contributed by atoms with van der Waals surface area (Å²) in [5.41, 5.74) is 5.79. The monoisotopic (exact) mass is 277 g/mol. The number of hydrogen-bond donors (Lipinski definition) is 2. The second kappa shape index (κ2) is 5.45. The van der Waals surface area contributed by atoms with E-state index in [2.05, 4.69) is 10.1 Å². The van der Waals surface area contributed by atoms with E-state index in [0.29, 0.717) is 5.56 Å². The minimum Gasteiger partial charge on any atom is -0.480 e. The van der Waals surface area contributed by atoms with Crippen LogP contribution in [-0.4, -0.2) is 36.8 Å². The molecular formula is C11H11N5O4. The third-order valence-electron chi connectivity index (χ3n) is 2.55. The van der Waals surface area contributed by atoms with Gasteiger partial charge in [0.05, 0.1) is 11.5 Å². The second-order valence-electron chi connectivity index (χ2n) is 4.04. The lowest BCUT2D eigenvalue weighted by Gasteiger charge is -2.04. The van der Waals surface area contributed by atoms with Crippen LogP contribution < -0.4 is 5.73 Å². The first kappa shape index (κ1) is 13.6. The molecule has 20 heavy (non-hydrogen) atoms. The van der Waals surface area contributed by atoms with Gasteiger partial charge in [-0.3, -0.25) is 19.6 Å². The molecule has 2 rings (SSSR count). The SMILES string of the molecule is NC(Cn1cnc(-c2cccc([N+](=O)[O-])c2)n1)C(=O)O. The van der Waals surface area contributed by atoms with Crippen molar-refractivity contribution in [2.75, 3.05) is 0 Å². The van der Waals surface area contributed by atoms with Crippen molar-refractivity contribution >= 4 is 11.7 Å². The van der Waals surface area contributed by atoms with Gasteiger partial charge in [-0.25, -0.2) is 4.98 Å². The first-order chi connectivity index (χ1) is 9.47. The molecule has 0 bridgehead atoms. The summed E-state index contributed by atoms with van der Waals surface area (Å²) in [7, 11) is 0. The Balaban J connectivity index is 2.22. The van der Waals surface area contributed by atoms with E-state index in [-0.39, 0.29) is 18.1 Å². The Morgan fingerprint density at radius 2 is 2.30 bits per heavy atom. The summed E-state index contributed by atoms with van der Waals surface area (Å²) >= 11 is 0. The Labute approximate surface area is 112 Å². The molecule has 0 spiro atoms. The molecule has 0 radical (unpaired) electrons. The molecule has 3 N–H and O–H groups in total. The van der Waals surface area contributed by atoms with Gasteiger partial charge in [-0.15, -0.1) is 0 Å². The lowest BCUT2D eigenvalue weighted by Crippen LogP contribution is -2.34. The van der Waals surface area contributed by atoms with Crippen LogP contribution in [0.25, 0.3) is 11.4 Å². The number of nitro groups is 1. The summed E-state index contributed by atoms with van der Waals surface area (Å²) in [6.45, 7) is -0.0305. The van der Waals surface area contributed by atoms with E-state index < -0.39 is 16.9 Å². The van der Waals surface area contributed by atoms with Gasteiger partial charge in [-0.1, -0.05) is 12.1 Å². The Morgan fingerprint density at radius 3 is 2.95 bits per heavy atom. The van der Waals surface area contributed by atoms with Crippen LogP contribution in [-0.2, 0) is 11.3 Å². The Bertz CT molecular complexity index is 654. The van der Waals surface area contributed by atoms with Gasteiger partial charge in [0.25, 0.3) is 5.69 Å². The van der Waals surface area contributed by atoms with Crippen molar-refractivity contribution in [1.29, 1.82) is 0 Å². The van der Waals surface area contributed by atoms with Crippen molar-refractivity contribution < 1.29 is 14.8 Å². The highest BCUT2D eigenvalue weighted by Gasteiger charge is 2.14. The number of nitrogens with two attached hydrogens (primary N) is 1. The number of carboxylic acid groups (broad SMARTS) is 1. The van der Waals surface area contributed by atoms with Crippen molar-refractivity contribution in [3.63, 3.8) is 0 Å². The lowest BCUT2D eigenvalue weighted by atomic mass is 10.2. The Morgan fingerprint density at radius 1 is 1.55 bits per heavy atom. The van der Waals surface area contributed by atoms with Crippen LogP contribution in [0, 0.1) is 10.1 Å². The maximum absolute atomic E-state index is 10.7. The zero-order chi connectivity index (χ0) is 14.7. The van der Waals surface area contributed by atoms with Crippen molar-refractivity contribution in [3.8, 4) is 11.4 Å². The van der Waals surface area contributed by atoms with Crippen LogP contribution in [0.2, 0.25) is 0 Å². The molecular weight excluding hydrogens is 266 g/mol. The first-order valence-electron chi connectivity index (χ1n) is 5.60. The van der Waals surface area contributed by atoms with E-state index in [0.717, 1.165) is 0 Å². The molecule has 0 aliphatic heterocycles. The highest BCUT2D eigenvalue weighted by molar-refractivity contribution is 5.72. The molecule has 9 heteroatoms. The maximum atomic E-state index is 10.7. The summed E-state index contributed by atoms with van der Waals surface area (Å²) in [5, 5.41) is 23.4. The number of rotatable bonds is 5. The average Bonchev–Trinajstić information content (AvgIpc) is 2.87. The number of hydrogen-bond acceptors (Lipinski definition) is 6. The van der Waals surface area contributed by atoms with Crippen LogP contribution in [0.5, 0.6) is 0 Å². The van der Waals surface area contributed by atoms with E-state index in [1.807, 2.05) is 0 Å². The highest BCUT2D eigenvalue weighted by Crippen LogP contribution is 2.20. The van der Waals surface area contributed by atoms with Gasteiger partial charge in [-0.2, -0.15) is 5.10 Å². The number of benzene rings is 1. The summed E-state index contributed by atoms with van der Waals surface area (Å²) in [4.78, 5) is 24.8. The van der Waals surface area contributed by atoms with Crippen LogP contribution in [0.4, 0.5) is 5.69 Å². The molecule has 0 aliphatic rings. The second-order valence-corrected chi connectivity index (χ2v) is 4.04. The standard InChI is InChI=1S/C11H11N5O4/c12-9(11(17)18)5-15-6-13-10(14-15)7-2-1-3-8(4-7)16(19)20/h1-4,6,9H,5,12H2,(H,17,18). The molecule has 1 aromatic carbocycles. The number of nitro benzene ring substituents is 1. The van der Waals surface area contributed by atoms with E-state index in [1.165, 1.54) is 29.2 Å². The minimum atomic E-state index is -1.14. The van der Waals surface area contributed by atoms with Gasteiger partial charge in [0, 0.05) is 17.7 Å². The lowest BCUT2D eigenvalue weighted by molar-refractivity contribution is -0.384. The minimum absolute atomic E-state index is 0.0305. The largest absolute Gasteiger partial charge is 0.480 e. The Hall–Kier alpha value is -2.81. The molecule has 0 saturated carbocycles. The van der Waals surface area contributed by atoms with Crippen molar-refractivity contribution in [2.24, 2.45) is 5.73 Å². The quantitative estimate of drug-likeness (QED) is 0.590. The van der Waals surface area contributed by atoms with Gasteiger partial charge in [-0.05, 0) is 0 Å². The molecule has 1 unspecified atom stereocenters. The normalized spacial score (nSPS) is 12.1. The van der Waals surface area contributed by atoms with Gasteiger partial charge < -0.3 is 10.8 Å². The fourth-order valence-corrected chi connectivity index (χ4v) is 1.55. The molecule has 1 heterocycles. The number of carbonyl (C=O) groups is 1. The fourth-order valence-electron chi connectivity index (χ4n) is 1.55. The number of carboxylic acids is 1. The summed E-state index contributed by atoms with van der Waals surface area (Å²) in [6, 6.07) is 4.77. The van der Waals surface area contributed by atoms with Gasteiger partial charge in [0.15, 0.2) is 5.82 Å². The van der Waals surface area contributed by atoms with Gasteiger partial charge in [0.1, 0.15) is 12.4 Å². The van der Waals surface area contributed by atoms with Crippen LogP contribution >= 0.6 is 0 Å². The maximum Gasteiger partial charge on any atom is 0.322 e.